The van der Waals surface area contributed by atoms with Gasteiger partial charge in [0.2, 0.25) is 0 Å². The van der Waals surface area contributed by atoms with E-state index < -0.39 is 11.9 Å². The molecule has 102 valence electrons. The highest BCUT2D eigenvalue weighted by molar-refractivity contribution is 6.31. The molecule has 1 saturated heterocycles. The lowest BCUT2D eigenvalue weighted by Gasteiger charge is -2.37. The van der Waals surface area contributed by atoms with E-state index in [2.05, 4.69) is 5.32 Å². The molecule has 2 N–H and O–H groups in total. The normalized spacial score (nSPS) is 16.6. The lowest BCUT2D eigenvalue weighted by molar-refractivity contribution is -0.146. The molecule has 5 nitrogen and oxygen atoms in total. The van der Waals surface area contributed by atoms with Crippen LogP contribution in [-0.4, -0.2) is 35.1 Å². The van der Waals surface area contributed by atoms with Gasteiger partial charge < -0.3 is 15.3 Å². The van der Waals surface area contributed by atoms with Crippen molar-refractivity contribution in [2.45, 2.75) is 13.0 Å². The number of amides is 2. The van der Waals surface area contributed by atoms with Gasteiger partial charge >= 0.3 is 12.0 Å². The molecule has 1 unspecified atom stereocenters. The van der Waals surface area contributed by atoms with E-state index in [9.17, 15) is 9.59 Å². The van der Waals surface area contributed by atoms with Gasteiger partial charge in [-0.2, -0.15) is 0 Å². The van der Waals surface area contributed by atoms with E-state index in [1.54, 1.807) is 6.07 Å². The van der Waals surface area contributed by atoms with Gasteiger partial charge in [0.05, 0.1) is 12.0 Å². The van der Waals surface area contributed by atoms with Crippen molar-refractivity contribution >= 4 is 23.6 Å². The summed E-state index contributed by atoms with van der Waals surface area (Å²) in [5, 5.41) is 12.2. The molecule has 6 heteroatoms. The summed E-state index contributed by atoms with van der Waals surface area (Å²) in [6.07, 6.45) is 0. The average Bonchev–Trinajstić information content (AvgIpc) is 2.26. The Hall–Kier alpha value is -1.75. The van der Waals surface area contributed by atoms with Crippen molar-refractivity contribution in [2.24, 2.45) is 5.92 Å². The summed E-state index contributed by atoms with van der Waals surface area (Å²) in [6.45, 7) is 2.36. The SMILES string of the molecule is CC(NC(=O)N1CC(C(=O)O)C1)c1ccccc1Cl. The minimum Gasteiger partial charge on any atom is -0.481 e. The maximum atomic E-state index is 11.9. The number of hydrogen-bond donors (Lipinski definition) is 2. The number of nitrogens with one attached hydrogen (secondary N) is 1. The van der Waals surface area contributed by atoms with Gasteiger partial charge in [0.25, 0.3) is 0 Å². The number of rotatable bonds is 3. The third-order valence-corrected chi connectivity index (χ3v) is 3.57. The van der Waals surface area contributed by atoms with Gasteiger partial charge in [-0.15, -0.1) is 0 Å². The number of likely N-dealkylation sites (tertiary alicyclic amines) is 1. The fourth-order valence-electron chi connectivity index (χ4n) is 1.98. The summed E-state index contributed by atoms with van der Waals surface area (Å²) < 4.78 is 0. The lowest BCUT2D eigenvalue weighted by atomic mass is 10.0. The van der Waals surface area contributed by atoms with Gasteiger partial charge in [0.1, 0.15) is 0 Å². The van der Waals surface area contributed by atoms with E-state index >= 15 is 0 Å². The Bertz CT molecular complexity index is 500. The number of carbonyl (C=O) groups is 2. The third-order valence-electron chi connectivity index (χ3n) is 3.23. The van der Waals surface area contributed by atoms with Crippen LogP contribution in [0.1, 0.15) is 18.5 Å². The minimum absolute atomic E-state index is 0.218. The Balaban J connectivity index is 1.90. The molecule has 1 aromatic rings. The van der Waals surface area contributed by atoms with E-state index in [1.165, 1.54) is 4.90 Å². The van der Waals surface area contributed by atoms with Crippen molar-refractivity contribution in [3.63, 3.8) is 0 Å². The quantitative estimate of drug-likeness (QED) is 0.892. The molecule has 1 fully saturated rings. The van der Waals surface area contributed by atoms with E-state index in [4.69, 9.17) is 16.7 Å². The van der Waals surface area contributed by atoms with Crippen LogP contribution >= 0.6 is 11.6 Å². The highest BCUT2D eigenvalue weighted by Crippen LogP contribution is 2.23. The van der Waals surface area contributed by atoms with Gasteiger partial charge in [-0.1, -0.05) is 29.8 Å². The Kier molecular flexibility index (Phi) is 3.95. The molecule has 1 aliphatic heterocycles. The molecule has 0 aromatic heterocycles. The number of hydrogen-bond acceptors (Lipinski definition) is 2. The van der Waals surface area contributed by atoms with Crippen LogP contribution in [0.25, 0.3) is 0 Å². The second-order valence-electron chi connectivity index (χ2n) is 4.63. The fourth-order valence-corrected chi connectivity index (χ4v) is 2.28. The van der Waals surface area contributed by atoms with Crippen molar-refractivity contribution in [3.8, 4) is 0 Å². The van der Waals surface area contributed by atoms with Crippen molar-refractivity contribution in [1.29, 1.82) is 0 Å². The Morgan fingerprint density at radius 3 is 2.63 bits per heavy atom. The molecule has 19 heavy (non-hydrogen) atoms. The molecule has 1 heterocycles. The molecule has 0 radical (unpaired) electrons. The third kappa shape index (κ3) is 2.98. The van der Waals surface area contributed by atoms with Crippen LogP contribution in [0, 0.1) is 5.92 Å². The van der Waals surface area contributed by atoms with Crippen LogP contribution in [-0.2, 0) is 4.79 Å². The Morgan fingerprint density at radius 2 is 2.05 bits per heavy atom. The van der Waals surface area contributed by atoms with E-state index in [0.717, 1.165) is 5.56 Å². The van der Waals surface area contributed by atoms with Crippen molar-refractivity contribution in [1.82, 2.24) is 10.2 Å². The Labute approximate surface area is 116 Å². The van der Waals surface area contributed by atoms with Crippen LogP contribution in [0.5, 0.6) is 0 Å². The van der Waals surface area contributed by atoms with Gasteiger partial charge in [-0.05, 0) is 18.6 Å². The number of carbonyl (C=O) groups excluding carboxylic acids is 1. The lowest BCUT2D eigenvalue weighted by Crippen LogP contribution is -2.56. The predicted molar refractivity (Wildman–Crippen MR) is 71.1 cm³/mol. The van der Waals surface area contributed by atoms with Crippen molar-refractivity contribution in [2.75, 3.05) is 13.1 Å². The number of carboxylic acids is 1. The van der Waals surface area contributed by atoms with Gasteiger partial charge in [-0.3, -0.25) is 4.79 Å². The van der Waals surface area contributed by atoms with Crippen LogP contribution < -0.4 is 5.32 Å². The second kappa shape index (κ2) is 5.48. The van der Waals surface area contributed by atoms with Crippen LogP contribution in [0.4, 0.5) is 4.79 Å². The summed E-state index contributed by atoms with van der Waals surface area (Å²) in [5.74, 6) is -1.30. The van der Waals surface area contributed by atoms with E-state index in [-0.39, 0.29) is 25.2 Å². The zero-order chi connectivity index (χ0) is 14.0. The topological polar surface area (TPSA) is 69.6 Å². The molecule has 1 atom stereocenters. The van der Waals surface area contributed by atoms with Gasteiger partial charge in [-0.25, -0.2) is 4.79 Å². The zero-order valence-corrected chi connectivity index (χ0v) is 11.2. The molecule has 2 rings (SSSR count). The molecule has 1 aliphatic rings. The molecule has 0 spiro atoms. The molecule has 0 bridgehead atoms. The van der Waals surface area contributed by atoms with E-state index in [1.807, 2.05) is 25.1 Å². The maximum Gasteiger partial charge on any atom is 0.317 e. The van der Waals surface area contributed by atoms with E-state index in [0.29, 0.717) is 5.02 Å². The summed E-state index contributed by atoms with van der Waals surface area (Å²) in [4.78, 5) is 24.0. The molecule has 0 aliphatic carbocycles. The first-order valence-electron chi connectivity index (χ1n) is 6.01. The van der Waals surface area contributed by atoms with Crippen LogP contribution in [0.2, 0.25) is 5.02 Å². The first-order chi connectivity index (χ1) is 8.99. The highest BCUT2D eigenvalue weighted by atomic mass is 35.5. The van der Waals surface area contributed by atoms with Gasteiger partial charge in [0.15, 0.2) is 0 Å². The largest absolute Gasteiger partial charge is 0.481 e. The molecular formula is C13H15ClN2O3. The summed E-state index contributed by atoms with van der Waals surface area (Å²) in [6, 6.07) is 6.82. The number of urea groups is 1. The van der Waals surface area contributed by atoms with Crippen molar-refractivity contribution < 1.29 is 14.7 Å². The number of carboxylic acid groups (broad SMARTS) is 1. The predicted octanol–water partition coefficient (Wildman–Crippen LogP) is 2.13. The molecule has 0 saturated carbocycles. The number of aliphatic carboxylic acids is 1. The monoisotopic (exact) mass is 282 g/mol. The zero-order valence-electron chi connectivity index (χ0n) is 10.5. The number of benzene rings is 1. The summed E-state index contributed by atoms with van der Waals surface area (Å²) in [5.41, 5.74) is 0.841. The molecular weight excluding hydrogens is 268 g/mol. The minimum atomic E-state index is -0.858. The Morgan fingerprint density at radius 1 is 1.42 bits per heavy atom. The van der Waals surface area contributed by atoms with Gasteiger partial charge in [0, 0.05) is 18.1 Å². The molecule has 1 aromatic carbocycles. The summed E-state index contributed by atoms with van der Waals surface area (Å²) in [7, 11) is 0. The number of nitrogens with zero attached hydrogens (tertiary/aromatic N) is 1. The number of halogens is 1. The smallest absolute Gasteiger partial charge is 0.317 e. The first-order valence-corrected chi connectivity index (χ1v) is 6.39. The standard InChI is InChI=1S/C13H15ClN2O3/c1-8(10-4-2-3-5-11(10)14)15-13(19)16-6-9(7-16)12(17)18/h2-5,8-9H,6-7H2,1H3,(H,15,19)(H,17,18). The van der Waals surface area contributed by atoms with Crippen LogP contribution in [0.3, 0.4) is 0 Å². The molecule has 2 amide bonds. The van der Waals surface area contributed by atoms with Crippen molar-refractivity contribution in [3.05, 3.63) is 34.9 Å². The van der Waals surface area contributed by atoms with Crippen LogP contribution in [0.15, 0.2) is 24.3 Å². The first kappa shape index (κ1) is 13.7. The summed E-state index contributed by atoms with van der Waals surface area (Å²) >= 11 is 6.05. The second-order valence-corrected chi connectivity index (χ2v) is 5.04. The fraction of sp³-hybridized carbons (Fsp3) is 0.385. The maximum absolute atomic E-state index is 11.9. The average molecular weight is 283 g/mol. The highest BCUT2D eigenvalue weighted by Gasteiger charge is 2.36.